The van der Waals surface area contributed by atoms with E-state index in [-0.39, 0.29) is 22.8 Å². The Kier molecular flexibility index (Phi) is 5.94. The van der Waals surface area contributed by atoms with E-state index in [0.717, 1.165) is 31.7 Å². The molecule has 1 saturated carbocycles. The molecule has 0 unspecified atom stereocenters. The van der Waals surface area contributed by atoms with Crippen LogP contribution in [-0.2, 0) is 12.7 Å². The average Bonchev–Trinajstić information content (AvgIpc) is 3.13. The van der Waals surface area contributed by atoms with Crippen LogP contribution in [0.25, 0.3) is 11.2 Å². The molecule has 7 nitrogen and oxygen atoms in total. The highest BCUT2D eigenvalue weighted by molar-refractivity contribution is 6.31. The maximum absolute atomic E-state index is 13.2. The SMILES string of the molecule is CCn1cnc2c(Nc3ccc(Cl)c(C(F)(F)F)c3)nc(NC3CCC(N)CC3)nc21. The van der Waals surface area contributed by atoms with Crippen molar-refractivity contribution < 1.29 is 13.2 Å². The minimum atomic E-state index is -4.56. The third-order valence-electron chi connectivity index (χ3n) is 5.44. The van der Waals surface area contributed by atoms with Crippen LogP contribution in [0.2, 0.25) is 5.02 Å². The number of hydrogen-bond donors (Lipinski definition) is 3. The Morgan fingerprint density at radius 1 is 1.19 bits per heavy atom. The predicted molar refractivity (Wildman–Crippen MR) is 115 cm³/mol. The number of halogens is 4. The van der Waals surface area contributed by atoms with Gasteiger partial charge in [-0.3, -0.25) is 0 Å². The van der Waals surface area contributed by atoms with Crippen molar-refractivity contribution in [3.8, 4) is 0 Å². The van der Waals surface area contributed by atoms with Crippen molar-refractivity contribution in [2.24, 2.45) is 5.73 Å². The molecule has 1 aliphatic carbocycles. The van der Waals surface area contributed by atoms with Crippen LogP contribution in [0.15, 0.2) is 24.5 Å². The van der Waals surface area contributed by atoms with E-state index < -0.39 is 11.7 Å². The molecule has 3 aromatic rings. The molecule has 2 heterocycles. The molecule has 1 aromatic carbocycles. The molecule has 1 fully saturated rings. The molecule has 0 radical (unpaired) electrons. The number of nitrogens with zero attached hydrogens (tertiary/aromatic N) is 4. The van der Waals surface area contributed by atoms with Gasteiger partial charge in [-0.25, -0.2) is 4.98 Å². The maximum Gasteiger partial charge on any atom is 0.417 e. The van der Waals surface area contributed by atoms with Gasteiger partial charge in [0.1, 0.15) is 0 Å². The monoisotopic (exact) mass is 453 g/mol. The van der Waals surface area contributed by atoms with Crippen molar-refractivity contribution in [1.82, 2.24) is 19.5 Å². The van der Waals surface area contributed by atoms with Gasteiger partial charge in [0.2, 0.25) is 5.95 Å². The molecule has 0 amide bonds. The van der Waals surface area contributed by atoms with E-state index in [2.05, 4.69) is 25.6 Å². The van der Waals surface area contributed by atoms with E-state index in [1.807, 2.05) is 11.5 Å². The lowest BCUT2D eigenvalue weighted by Crippen LogP contribution is -2.33. The average molecular weight is 454 g/mol. The number of aryl methyl sites for hydroxylation is 1. The summed E-state index contributed by atoms with van der Waals surface area (Å²) in [7, 11) is 0. The third-order valence-corrected chi connectivity index (χ3v) is 5.77. The van der Waals surface area contributed by atoms with Gasteiger partial charge in [-0.15, -0.1) is 0 Å². The second-order valence-corrected chi connectivity index (χ2v) is 8.08. The van der Waals surface area contributed by atoms with Crippen LogP contribution in [0.1, 0.15) is 38.2 Å². The fraction of sp³-hybridized carbons (Fsp3) is 0.450. The van der Waals surface area contributed by atoms with Crippen molar-refractivity contribution >= 4 is 40.2 Å². The Labute approximate surface area is 182 Å². The number of benzene rings is 1. The van der Waals surface area contributed by atoms with Crippen LogP contribution in [0, 0.1) is 0 Å². The van der Waals surface area contributed by atoms with Crippen molar-refractivity contribution in [3.63, 3.8) is 0 Å². The zero-order chi connectivity index (χ0) is 22.2. The Morgan fingerprint density at radius 2 is 1.94 bits per heavy atom. The van der Waals surface area contributed by atoms with E-state index in [4.69, 9.17) is 17.3 Å². The first-order valence-electron chi connectivity index (χ1n) is 10.1. The van der Waals surface area contributed by atoms with Gasteiger partial charge in [0.25, 0.3) is 0 Å². The summed E-state index contributed by atoms with van der Waals surface area (Å²) in [6.07, 6.45) is 0.728. The number of aromatic nitrogens is 4. The van der Waals surface area contributed by atoms with Gasteiger partial charge < -0.3 is 20.9 Å². The lowest BCUT2D eigenvalue weighted by atomic mass is 9.92. The highest BCUT2D eigenvalue weighted by Gasteiger charge is 2.33. The number of alkyl halides is 3. The summed E-state index contributed by atoms with van der Waals surface area (Å²) in [5.41, 5.74) is 6.34. The zero-order valence-corrected chi connectivity index (χ0v) is 17.6. The quantitative estimate of drug-likeness (QED) is 0.506. The van der Waals surface area contributed by atoms with Crippen LogP contribution < -0.4 is 16.4 Å². The number of nitrogens with one attached hydrogen (secondary N) is 2. The minimum Gasteiger partial charge on any atom is -0.351 e. The number of fused-ring (bicyclic) bond motifs is 1. The summed E-state index contributed by atoms with van der Waals surface area (Å²) >= 11 is 5.74. The smallest absolute Gasteiger partial charge is 0.351 e. The van der Waals surface area contributed by atoms with Gasteiger partial charge in [-0.1, -0.05) is 11.6 Å². The Bertz CT molecular complexity index is 1070. The summed E-state index contributed by atoms with van der Waals surface area (Å²) < 4.78 is 41.6. The van der Waals surface area contributed by atoms with E-state index in [0.29, 0.717) is 29.5 Å². The molecule has 0 saturated heterocycles. The van der Waals surface area contributed by atoms with E-state index in [1.165, 1.54) is 12.1 Å². The van der Waals surface area contributed by atoms with Crippen LogP contribution in [0.5, 0.6) is 0 Å². The highest BCUT2D eigenvalue weighted by Crippen LogP contribution is 2.37. The van der Waals surface area contributed by atoms with E-state index in [1.54, 1.807) is 6.33 Å². The van der Waals surface area contributed by atoms with Crippen molar-refractivity contribution in [3.05, 3.63) is 35.1 Å². The second-order valence-electron chi connectivity index (χ2n) is 7.67. The molecule has 2 aromatic heterocycles. The Hall–Kier alpha value is -2.59. The highest BCUT2D eigenvalue weighted by atomic mass is 35.5. The maximum atomic E-state index is 13.2. The van der Waals surface area contributed by atoms with Crippen molar-refractivity contribution in [1.29, 1.82) is 0 Å². The second kappa shape index (κ2) is 8.51. The number of rotatable bonds is 5. The first kappa shape index (κ1) is 21.6. The largest absolute Gasteiger partial charge is 0.417 e. The number of nitrogens with two attached hydrogens (primary N) is 1. The van der Waals surface area contributed by atoms with Crippen LogP contribution in [0.4, 0.5) is 30.6 Å². The number of imidazole rings is 1. The molecule has 4 rings (SSSR count). The molecular weight excluding hydrogens is 431 g/mol. The fourth-order valence-corrected chi connectivity index (χ4v) is 3.96. The molecule has 4 N–H and O–H groups in total. The minimum absolute atomic E-state index is 0.190. The predicted octanol–water partition coefficient (Wildman–Crippen LogP) is 4.94. The molecule has 11 heteroatoms. The molecular formula is C20H23ClF3N7. The molecule has 0 spiro atoms. The van der Waals surface area contributed by atoms with Gasteiger partial charge in [0, 0.05) is 24.3 Å². The van der Waals surface area contributed by atoms with E-state index in [9.17, 15) is 13.2 Å². The van der Waals surface area contributed by atoms with E-state index >= 15 is 0 Å². The van der Waals surface area contributed by atoms with Crippen LogP contribution in [-0.4, -0.2) is 31.6 Å². The van der Waals surface area contributed by atoms with Gasteiger partial charge in [-0.05, 0) is 50.8 Å². The van der Waals surface area contributed by atoms with Gasteiger partial charge >= 0.3 is 6.18 Å². The zero-order valence-electron chi connectivity index (χ0n) is 16.9. The molecule has 0 atom stereocenters. The third kappa shape index (κ3) is 4.69. The van der Waals surface area contributed by atoms with Gasteiger partial charge in [0.05, 0.1) is 16.9 Å². The molecule has 1 aliphatic rings. The summed E-state index contributed by atoms with van der Waals surface area (Å²) in [6, 6.07) is 4.05. The summed E-state index contributed by atoms with van der Waals surface area (Å²) in [4.78, 5) is 13.5. The number of hydrogen-bond acceptors (Lipinski definition) is 6. The Balaban J connectivity index is 1.69. The molecule has 166 valence electrons. The molecule has 0 aliphatic heterocycles. The van der Waals surface area contributed by atoms with Crippen molar-refractivity contribution in [2.75, 3.05) is 10.6 Å². The topological polar surface area (TPSA) is 93.7 Å². The summed E-state index contributed by atoms with van der Waals surface area (Å²) in [5.74, 6) is 0.721. The molecule has 0 bridgehead atoms. The van der Waals surface area contributed by atoms with Gasteiger partial charge in [-0.2, -0.15) is 23.1 Å². The summed E-state index contributed by atoms with van der Waals surface area (Å²) in [6.45, 7) is 2.60. The number of anilines is 3. The Morgan fingerprint density at radius 3 is 2.61 bits per heavy atom. The lowest BCUT2D eigenvalue weighted by Gasteiger charge is -2.26. The van der Waals surface area contributed by atoms with Crippen LogP contribution in [0.3, 0.4) is 0 Å². The first-order chi connectivity index (χ1) is 14.7. The standard InChI is InChI=1S/C20H23ClF3N7/c1-2-31-10-26-16-17(27-13-7-8-15(21)14(9-13)20(22,23)24)29-19(30-18(16)31)28-12-5-3-11(25)4-6-12/h7-12H,2-6,25H2,1H3,(H2,27,28,29,30). The first-order valence-corrected chi connectivity index (χ1v) is 10.5. The summed E-state index contributed by atoms with van der Waals surface area (Å²) in [5, 5.41) is 5.95. The van der Waals surface area contributed by atoms with Gasteiger partial charge in [0.15, 0.2) is 17.0 Å². The molecule has 31 heavy (non-hydrogen) atoms. The normalized spacial score (nSPS) is 19.5. The lowest BCUT2D eigenvalue weighted by molar-refractivity contribution is -0.137. The van der Waals surface area contributed by atoms with Crippen LogP contribution >= 0.6 is 11.6 Å². The fourth-order valence-electron chi connectivity index (χ4n) is 3.73. The van der Waals surface area contributed by atoms with Crippen molar-refractivity contribution in [2.45, 2.75) is 57.4 Å².